The molecule has 2 aliphatic rings. The Morgan fingerprint density at radius 2 is 1.78 bits per heavy atom. The van der Waals surface area contributed by atoms with Gasteiger partial charge >= 0.3 is 6.09 Å². The molecule has 2 atom stereocenters. The lowest BCUT2D eigenvalue weighted by molar-refractivity contribution is 0.0591. The first-order valence-electron chi connectivity index (χ1n) is 9.58. The summed E-state index contributed by atoms with van der Waals surface area (Å²) in [5.74, 6) is 1.47. The Morgan fingerprint density at radius 1 is 1.00 bits per heavy atom. The van der Waals surface area contributed by atoms with Gasteiger partial charge in [-0.05, 0) is 48.9 Å². The van der Waals surface area contributed by atoms with E-state index in [9.17, 15) is 4.79 Å². The number of hydrogen-bond donors (Lipinski definition) is 1. The molecule has 1 N–H and O–H groups in total. The fourth-order valence-corrected chi connectivity index (χ4v) is 3.98. The van der Waals surface area contributed by atoms with Crippen LogP contribution in [0, 0.1) is 0 Å². The van der Waals surface area contributed by atoms with Gasteiger partial charge in [-0.25, -0.2) is 4.79 Å². The number of hydrogen-bond acceptors (Lipinski definition) is 4. The zero-order chi connectivity index (χ0) is 18.6. The highest BCUT2D eigenvalue weighted by Crippen LogP contribution is 2.40. The number of methoxy groups -OCH3 is 1. The second-order valence-corrected chi connectivity index (χ2v) is 7.16. The molecule has 5 heteroatoms. The van der Waals surface area contributed by atoms with Gasteiger partial charge in [-0.3, -0.25) is 0 Å². The molecule has 142 valence electrons. The van der Waals surface area contributed by atoms with Crippen molar-refractivity contribution in [2.24, 2.45) is 0 Å². The number of carbonyl (C=O) groups excluding carboxylic acids is 1. The quantitative estimate of drug-likeness (QED) is 0.840. The molecule has 2 fully saturated rings. The van der Waals surface area contributed by atoms with Gasteiger partial charge in [0.1, 0.15) is 6.10 Å². The topological polar surface area (TPSA) is 56.8 Å². The first kappa shape index (κ1) is 17.7. The van der Waals surface area contributed by atoms with E-state index in [1.54, 1.807) is 7.11 Å². The van der Waals surface area contributed by atoms with Crippen molar-refractivity contribution in [3.05, 3.63) is 59.7 Å². The fraction of sp³-hybridized carbons (Fsp3) is 0.409. The van der Waals surface area contributed by atoms with Gasteiger partial charge in [0.25, 0.3) is 0 Å². The van der Waals surface area contributed by atoms with Crippen LogP contribution in [0.5, 0.6) is 11.5 Å². The van der Waals surface area contributed by atoms with Crippen molar-refractivity contribution in [1.29, 1.82) is 0 Å². The van der Waals surface area contributed by atoms with Gasteiger partial charge in [0.2, 0.25) is 0 Å². The summed E-state index contributed by atoms with van der Waals surface area (Å²) in [6.07, 6.45) is 4.03. The summed E-state index contributed by atoms with van der Waals surface area (Å²) in [5, 5.41) is 2.81. The molecule has 0 unspecified atom stereocenters. The average Bonchev–Trinajstić information content (AvgIpc) is 3.21. The summed E-state index contributed by atoms with van der Waals surface area (Å²) in [6.45, 7) is 0.540. The second-order valence-electron chi connectivity index (χ2n) is 7.16. The van der Waals surface area contributed by atoms with E-state index in [1.165, 1.54) is 12.8 Å². The van der Waals surface area contributed by atoms with E-state index in [0.717, 1.165) is 29.7 Å². The summed E-state index contributed by atoms with van der Waals surface area (Å²) in [5.41, 5.74) is 2.06. The average molecular weight is 367 g/mol. The molecule has 2 aromatic carbocycles. The van der Waals surface area contributed by atoms with Crippen molar-refractivity contribution in [2.75, 3.05) is 13.7 Å². The number of alkyl carbamates (subject to hydrolysis) is 1. The number of cyclic esters (lactones) is 1. The van der Waals surface area contributed by atoms with Gasteiger partial charge in [-0.15, -0.1) is 0 Å². The van der Waals surface area contributed by atoms with Gasteiger partial charge in [0, 0.05) is 12.5 Å². The maximum atomic E-state index is 11.9. The highest BCUT2D eigenvalue weighted by atomic mass is 16.6. The van der Waals surface area contributed by atoms with Gasteiger partial charge in [0.15, 0.2) is 11.5 Å². The Balaban J connectivity index is 1.65. The van der Waals surface area contributed by atoms with Crippen LogP contribution in [0.25, 0.3) is 0 Å². The summed E-state index contributed by atoms with van der Waals surface area (Å²) >= 11 is 0. The van der Waals surface area contributed by atoms with Gasteiger partial charge in [-0.2, -0.15) is 0 Å². The summed E-state index contributed by atoms with van der Waals surface area (Å²) in [7, 11) is 1.65. The number of amides is 1. The molecule has 0 spiro atoms. The molecule has 27 heavy (non-hydrogen) atoms. The molecule has 0 radical (unpaired) electrons. The standard InChI is InChI=1S/C22H25NO4/c1-25-19-12-11-16(13-20(19)26-17-9-5-6-10-17)21-18(14-23-22(24)27-21)15-7-3-2-4-8-15/h2-4,7-8,11-13,17-18,21H,5-6,9-10,14H2,1H3,(H,23,24)/t18-,21+/m0/s1. The Labute approximate surface area is 159 Å². The van der Waals surface area contributed by atoms with E-state index in [1.807, 2.05) is 36.4 Å². The fourth-order valence-electron chi connectivity index (χ4n) is 3.98. The largest absolute Gasteiger partial charge is 0.493 e. The van der Waals surface area contributed by atoms with Crippen LogP contribution in [0.15, 0.2) is 48.5 Å². The van der Waals surface area contributed by atoms with E-state index >= 15 is 0 Å². The van der Waals surface area contributed by atoms with Crippen molar-refractivity contribution in [2.45, 2.75) is 43.8 Å². The van der Waals surface area contributed by atoms with Crippen molar-refractivity contribution in [3.63, 3.8) is 0 Å². The van der Waals surface area contributed by atoms with Crippen molar-refractivity contribution >= 4 is 6.09 Å². The molecule has 1 aliphatic heterocycles. The lowest BCUT2D eigenvalue weighted by Gasteiger charge is -2.32. The number of rotatable bonds is 5. The minimum atomic E-state index is -0.388. The Bertz CT molecular complexity index is 786. The van der Waals surface area contributed by atoms with Crippen LogP contribution in [0.1, 0.15) is 48.8 Å². The smallest absolute Gasteiger partial charge is 0.407 e. The van der Waals surface area contributed by atoms with Crippen LogP contribution >= 0.6 is 0 Å². The van der Waals surface area contributed by atoms with Gasteiger partial charge in [-0.1, -0.05) is 36.4 Å². The first-order chi connectivity index (χ1) is 13.2. The molecule has 4 rings (SSSR count). The van der Waals surface area contributed by atoms with Crippen molar-refractivity contribution in [1.82, 2.24) is 5.32 Å². The third-order valence-corrected chi connectivity index (χ3v) is 5.41. The van der Waals surface area contributed by atoms with E-state index in [2.05, 4.69) is 17.4 Å². The van der Waals surface area contributed by atoms with E-state index < -0.39 is 0 Å². The molecule has 0 aromatic heterocycles. The van der Waals surface area contributed by atoms with Crippen LogP contribution in [-0.2, 0) is 4.74 Å². The molecular weight excluding hydrogens is 342 g/mol. The minimum Gasteiger partial charge on any atom is -0.493 e. The summed E-state index contributed by atoms with van der Waals surface area (Å²) < 4.78 is 17.4. The predicted molar refractivity (Wildman–Crippen MR) is 102 cm³/mol. The molecule has 1 aliphatic carbocycles. The van der Waals surface area contributed by atoms with Gasteiger partial charge < -0.3 is 19.5 Å². The molecule has 5 nitrogen and oxygen atoms in total. The van der Waals surface area contributed by atoms with Crippen molar-refractivity contribution < 1.29 is 19.0 Å². The Morgan fingerprint density at radius 3 is 2.52 bits per heavy atom. The van der Waals surface area contributed by atoms with Crippen LogP contribution in [0.2, 0.25) is 0 Å². The first-order valence-corrected chi connectivity index (χ1v) is 9.58. The summed E-state index contributed by atoms with van der Waals surface area (Å²) in [6, 6.07) is 16.0. The highest BCUT2D eigenvalue weighted by molar-refractivity contribution is 5.69. The normalized spacial score (nSPS) is 22.8. The predicted octanol–water partition coefficient (Wildman–Crippen LogP) is 4.58. The molecule has 1 amide bonds. The van der Waals surface area contributed by atoms with Crippen LogP contribution in [0.3, 0.4) is 0 Å². The van der Waals surface area contributed by atoms with Crippen LogP contribution in [0.4, 0.5) is 4.79 Å². The lowest BCUT2D eigenvalue weighted by atomic mass is 9.88. The lowest BCUT2D eigenvalue weighted by Crippen LogP contribution is -2.39. The zero-order valence-corrected chi connectivity index (χ0v) is 15.5. The monoisotopic (exact) mass is 367 g/mol. The Hall–Kier alpha value is -2.69. The highest BCUT2D eigenvalue weighted by Gasteiger charge is 2.33. The zero-order valence-electron chi connectivity index (χ0n) is 15.5. The van der Waals surface area contributed by atoms with Crippen LogP contribution < -0.4 is 14.8 Å². The van der Waals surface area contributed by atoms with E-state index in [0.29, 0.717) is 12.3 Å². The SMILES string of the molecule is COc1ccc([C@H]2OC(=O)NC[C@H]2c2ccccc2)cc1OC1CCCC1. The second kappa shape index (κ2) is 7.91. The third kappa shape index (κ3) is 3.87. The molecule has 1 heterocycles. The van der Waals surface area contributed by atoms with Crippen molar-refractivity contribution in [3.8, 4) is 11.5 Å². The summed E-state index contributed by atoms with van der Waals surface area (Å²) in [4.78, 5) is 11.9. The molecular formula is C22H25NO4. The molecule has 1 saturated carbocycles. The molecule has 1 saturated heterocycles. The molecule has 0 bridgehead atoms. The maximum absolute atomic E-state index is 11.9. The van der Waals surface area contributed by atoms with Gasteiger partial charge in [0.05, 0.1) is 13.2 Å². The maximum Gasteiger partial charge on any atom is 0.407 e. The molecule has 2 aromatic rings. The number of nitrogens with one attached hydrogen (secondary N) is 1. The Kier molecular flexibility index (Phi) is 5.19. The number of ether oxygens (including phenoxy) is 3. The minimum absolute atomic E-state index is 0.0385. The number of benzene rings is 2. The van der Waals surface area contributed by atoms with E-state index in [4.69, 9.17) is 14.2 Å². The van der Waals surface area contributed by atoms with E-state index in [-0.39, 0.29) is 24.2 Å². The number of carbonyl (C=O) groups is 1. The third-order valence-electron chi connectivity index (χ3n) is 5.41. The van der Waals surface area contributed by atoms with Crippen LogP contribution in [-0.4, -0.2) is 25.9 Å².